The molecule has 0 unspecified atom stereocenters. The molecule has 0 radical (unpaired) electrons. The summed E-state index contributed by atoms with van der Waals surface area (Å²) in [5, 5.41) is 0. The second-order valence-corrected chi connectivity index (χ2v) is 7.28. The topological polar surface area (TPSA) is 37.4 Å². The molecule has 0 atom stereocenters. The van der Waals surface area contributed by atoms with E-state index in [0.29, 0.717) is 4.90 Å². The summed E-state index contributed by atoms with van der Waals surface area (Å²) < 4.78 is 27.4. The third kappa shape index (κ3) is 3.13. The maximum absolute atomic E-state index is 12.6. The Bertz CT molecular complexity index is 510. The van der Waals surface area contributed by atoms with Gasteiger partial charge in [0.05, 0.1) is 4.90 Å². The number of hydrogen-bond donors (Lipinski definition) is 0. The Hall–Kier alpha value is -0.390. The molecule has 5 heteroatoms. The van der Waals surface area contributed by atoms with Crippen LogP contribution in [0.25, 0.3) is 0 Å². The summed E-state index contributed by atoms with van der Waals surface area (Å²) in [6, 6.07) is 5.39. The maximum atomic E-state index is 12.6. The average Bonchev–Trinajstić information content (AvgIpc) is 2.33. The fraction of sp³-hybridized carbons (Fsp3) is 0.538. The third-order valence-corrected chi connectivity index (χ3v) is 5.81. The van der Waals surface area contributed by atoms with Crippen LogP contribution in [0.2, 0.25) is 0 Å². The molecule has 0 aromatic heterocycles. The molecule has 0 spiro atoms. The number of aryl methyl sites for hydroxylation is 1. The zero-order chi connectivity index (χ0) is 13.9. The summed E-state index contributed by atoms with van der Waals surface area (Å²) in [5.74, 6) is 0. The van der Waals surface area contributed by atoms with Crippen molar-refractivity contribution in [3.8, 4) is 0 Å². The van der Waals surface area contributed by atoms with Crippen LogP contribution in [0.5, 0.6) is 0 Å². The van der Waals surface area contributed by atoms with Gasteiger partial charge in [-0.3, -0.25) is 0 Å². The molecule has 0 saturated heterocycles. The Balaban J connectivity index is 3.25. The molecular formula is C13H20BrNO2S. The first kappa shape index (κ1) is 15.7. The highest BCUT2D eigenvalue weighted by molar-refractivity contribution is 9.10. The van der Waals surface area contributed by atoms with Crippen molar-refractivity contribution in [2.75, 3.05) is 7.05 Å². The van der Waals surface area contributed by atoms with Gasteiger partial charge in [-0.2, -0.15) is 4.31 Å². The number of nitrogens with zero attached hydrogens (tertiary/aromatic N) is 1. The number of hydrogen-bond acceptors (Lipinski definition) is 2. The molecule has 3 nitrogen and oxygen atoms in total. The highest BCUT2D eigenvalue weighted by Crippen LogP contribution is 2.25. The Kier molecular flexibility index (Phi) is 5.37. The van der Waals surface area contributed by atoms with E-state index in [-0.39, 0.29) is 6.04 Å². The van der Waals surface area contributed by atoms with E-state index in [2.05, 4.69) is 15.9 Å². The van der Waals surface area contributed by atoms with Crippen molar-refractivity contribution >= 4 is 26.0 Å². The first-order valence-corrected chi connectivity index (χ1v) is 8.32. The molecule has 0 heterocycles. The first-order chi connectivity index (χ1) is 8.34. The molecule has 0 aliphatic rings. The molecule has 18 heavy (non-hydrogen) atoms. The average molecular weight is 334 g/mol. The van der Waals surface area contributed by atoms with Crippen molar-refractivity contribution in [3.05, 3.63) is 28.2 Å². The lowest BCUT2D eigenvalue weighted by molar-refractivity contribution is 0.349. The van der Waals surface area contributed by atoms with Crippen molar-refractivity contribution in [1.29, 1.82) is 0 Å². The van der Waals surface area contributed by atoms with E-state index in [9.17, 15) is 8.42 Å². The van der Waals surface area contributed by atoms with Gasteiger partial charge in [-0.15, -0.1) is 0 Å². The number of benzene rings is 1. The molecule has 0 saturated carbocycles. The molecule has 0 aliphatic carbocycles. The smallest absolute Gasteiger partial charge is 0.207 e. The molecule has 0 bridgehead atoms. The van der Waals surface area contributed by atoms with Crippen LogP contribution in [0.4, 0.5) is 0 Å². The fourth-order valence-electron chi connectivity index (χ4n) is 2.01. The lowest BCUT2D eigenvalue weighted by Gasteiger charge is -2.26. The van der Waals surface area contributed by atoms with Crippen LogP contribution >= 0.6 is 15.9 Å². The van der Waals surface area contributed by atoms with Crippen LogP contribution in [0.3, 0.4) is 0 Å². The van der Waals surface area contributed by atoms with Crippen LogP contribution < -0.4 is 0 Å². The summed E-state index contributed by atoms with van der Waals surface area (Å²) in [4.78, 5) is 0.381. The van der Waals surface area contributed by atoms with Gasteiger partial charge >= 0.3 is 0 Å². The van der Waals surface area contributed by atoms with E-state index in [1.54, 1.807) is 13.1 Å². The lowest BCUT2D eigenvalue weighted by Crippen LogP contribution is -2.36. The van der Waals surface area contributed by atoms with E-state index in [0.717, 1.165) is 22.9 Å². The van der Waals surface area contributed by atoms with Gasteiger partial charge in [0.25, 0.3) is 0 Å². The molecule has 0 fully saturated rings. The van der Waals surface area contributed by atoms with Crippen LogP contribution in [0.1, 0.15) is 32.3 Å². The minimum Gasteiger partial charge on any atom is -0.207 e. The van der Waals surface area contributed by atoms with E-state index >= 15 is 0 Å². The zero-order valence-electron chi connectivity index (χ0n) is 11.3. The molecule has 0 N–H and O–H groups in total. The summed E-state index contributed by atoms with van der Waals surface area (Å²) in [5.41, 5.74) is 0.774. The Morgan fingerprint density at radius 1 is 1.28 bits per heavy atom. The minimum absolute atomic E-state index is 0.0494. The molecule has 0 aliphatic heterocycles. The van der Waals surface area contributed by atoms with Gasteiger partial charge < -0.3 is 0 Å². The van der Waals surface area contributed by atoms with E-state index in [1.807, 2.05) is 32.9 Å². The normalized spacial score (nSPS) is 12.4. The van der Waals surface area contributed by atoms with Gasteiger partial charge in [0, 0.05) is 17.6 Å². The number of rotatable bonds is 5. The zero-order valence-corrected chi connectivity index (χ0v) is 13.7. The highest BCUT2D eigenvalue weighted by Gasteiger charge is 2.27. The first-order valence-electron chi connectivity index (χ1n) is 6.08. The predicted molar refractivity (Wildman–Crippen MR) is 78.2 cm³/mol. The SMILES string of the molecule is CCC(CC)N(C)S(=O)(=O)c1cc(Br)ccc1C. The van der Waals surface area contributed by atoms with Crippen LogP contribution in [-0.4, -0.2) is 25.8 Å². The van der Waals surface area contributed by atoms with Gasteiger partial charge in [0.2, 0.25) is 10.0 Å². The Morgan fingerprint density at radius 2 is 1.83 bits per heavy atom. The highest BCUT2D eigenvalue weighted by atomic mass is 79.9. The van der Waals surface area contributed by atoms with Crippen molar-refractivity contribution in [2.45, 2.75) is 44.6 Å². The van der Waals surface area contributed by atoms with Gasteiger partial charge in [-0.25, -0.2) is 8.42 Å². The second-order valence-electron chi connectivity index (χ2n) is 4.40. The van der Waals surface area contributed by atoms with Crippen molar-refractivity contribution in [1.82, 2.24) is 4.31 Å². The number of sulfonamides is 1. The van der Waals surface area contributed by atoms with Crippen molar-refractivity contribution in [2.24, 2.45) is 0 Å². The molecule has 0 amide bonds. The fourth-order valence-corrected chi connectivity index (χ4v) is 4.27. The third-order valence-electron chi connectivity index (χ3n) is 3.26. The largest absolute Gasteiger partial charge is 0.243 e. The summed E-state index contributed by atoms with van der Waals surface area (Å²) in [6.45, 7) is 5.84. The Labute approximate surface area is 118 Å². The van der Waals surface area contributed by atoms with Crippen LogP contribution in [0, 0.1) is 6.92 Å². The summed E-state index contributed by atoms with van der Waals surface area (Å²) >= 11 is 3.33. The molecule has 1 aromatic rings. The summed E-state index contributed by atoms with van der Waals surface area (Å²) in [6.07, 6.45) is 1.64. The Morgan fingerprint density at radius 3 is 2.33 bits per heavy atom. The van der Waals surface area contributed by atoms with E-state index in [1.165, 1.54) is 4.31 Å². The van der Waals surface area contributed by atoms with Crippen LogP contribution in [0.15, 0.2) is 27.6 Å². The quantitative estimate of drug-likeness (QED) is 0.826. The minimum atomic E-state index is -3.41. The van der Waals surface area contributed by atoms with Gasteiger partial charge in [0.15, 0.2) is 0 Å². The maximum Gasteiger partial charge on any atom is 0.243 e. The van der Waals surface area contributed by atoms with E-state index in [4.69, 9.17) is 0 Å². The molecule has 102 valence electrons. The van der Waals surface area contributed by atoms with Crippen molar-refractivity contribution < 1.29 is 8.42 Å². The van der Waals surface area contributed by atoms with Crippen LogP contribution in [-0.2, 0) is 10.0 Å². The monoisotopic (exact) mass is 333 g/mol. The van der Waals surface area contributed by atoms with E-state index < -0.39 is 10.0 Å². The van der Waals surface area contributed by atoms with Gasteiger partial charge in [-0.1, -0.05) is 35.8 Å². The van der Waals surface area contributed by atoms with Gasteiger partial charge in [-0.05, 0) is 37.5 Å². The van der Waals surface area contributed by atoms with Crippen molar-refractivity contribution in [3.63, 3.8) is 0 Å². The van der Waals surface area contributed by atoms with Gasteiger partial charge in [0.1, 0.15) is 0 Å². The second kappa shape index (κ2) is 6.17. The lowest BCUT2D eigenvalue weighted by atomic mass is 10.2. The molecule has 1 rings (SSSR count). The molecular weight excluding hydrogens is 314 g/mol. The number of halogens is 1. The summed E-state index contributed by atoms with van der Waals surface area (Å²) in [7, 11) is -1.75. The standard InChI is InChI=1S/C13H20BrNO2S/c1-5-12(6-2)15(4)18(16,17)13-9-11(14)8-7-10(13)3/h7-9,12H,5-6H2,1-4H3. The molecule has 1 aromatic carbocycles. The predicted octanol–water partition coefficient (Wildman–Crippen LogP) is 3.57.